The molecule has 1 aliphatic heterocycles. The van der Waals surface area contributed by atoms with Crippen molar-refractivity contribution in [3.05, 3.63) is 70.1 Å². The fraction of sp³-hybridized carbons (Fsp3) is 0.250. The Hall–Kier alpha value is -3.57. The molecule has 0 unspecified atom stereocenters. The van der Waals surface area contributed by atoms with Gasteiger partial charge < -0.3 is 20.5 Å². The van der Waals surface area contributed by atoms with E-state index in [9.17, 15) is 9.59 Å². The van der Waals surface area contributed by atoms with Crippen LogP contribution < -0.4 is 21.2 Å². The first-order chi connectivity index (χ1) is 15.1. The van der Waals surface area contributed by atoms with Crippen molar-refractivity contribution < 1.29 is 4.79 Å². The predicted molar refractivity (Wildman–Crippen MR) is 119 cm³/mol. The molecule has 0 radical (unpaired) electrons. The molecule has 0 atom stereocenters. The molecule has 11 heteroatoms. The Morgan fingerprint density at radius 3 is 2.90 bits per heavy atom. The zero-order valence-corrected chi connectivity index (χ0v) is 17.7. The van der Waals surface area contributed by atoms with Crippen LogP contribution in [0.3, 0.4) is 0 Å². The number of aryl methyl sites for hydroxylation is 1. The molecule has 4 rings (SSSR count). The Kier molecular flexibility index (Phi) is 6.34. The van der Waals surface area contributed by atoms with E-state index in [1.165, 1.54) is 6.20 Å². The lowest BCUT2D eigenvalue weighted by Gasteiger charge is -2.30. The van der Waals surface area contributed by atoms with Crippen LogP contribution in [0.25, 0.3) is 5.13 Å². The Morgan fingerprint density at radius 1 is 1.23 bits per heavy atom. The molecule has 31 heavy (non-hydrogen) atoms. The molecule has 0 spiro atoms. The first-order valence-corrected chi connectivity index (χ1v) is 10.7. The van der Waals surface area contributed by atoms with E-state index in [2.05, 4.69) is 35.6 Å². The zero-order valence-electron chi connectivity index (χ0n) is 16.9. The van der Waals surface area contributed by atoms with Crippen LogP contribution in [0.15, 0.2) is 53.0 Å². The molecule has 1 aliphatic rings. The standard InChI is InChI=1S/C20H22N8O2S/c1-14-4-2-3-6-23-19(30)28(26-14)20-25-16(13-31-20)18(29)24-15-12-22-7-5-17(15)27-10-8-21-9-11-27/h2-7,12-13,21H,8-11H2,1H3,(H,23,30)(H,24,29). The zero-order chi connectivity index (χ0) is 21.6. The number of pyridine rings is 1. The van der Waals surface area contributed by atoms with E-state index in [1.807, 2.05) is 6.07 Å². The molecule has 1 saturated heterocycles. The van der Waals surface area contributed by atoms with Crippen LogP contribution in [0.4, 0.5) is 11.4 Å². The maximum absolute atomic E-state index is 12.9. The van der Waals surface area contributed by atoms with Gasteiger partial charge >= 0.3 is 5.69 Å². The normalized spacial score (nSPS) is 13.5. The molecule has 4 heterocycles. The number of thiazole rings is 1. The van der Waals surface area contributed by atoms with Crippen molar-refractivity contribution in [2.24, 2.45) is 0 Å². The molecule has 0 aromatic carbocycles. The summed E-state index contributed by atoms with van der Waals surface area (Å²) in [4.78, 5) is 38.6. The molecule has 3 aromatic heterocycles. The van der Waals surface area contributed by atoms with Gasteiger partial charge in [-0.15, -0.1) is 11.3 Å². The molecule has 1 fully saturated rings. The monoisotopic (exact) mass is 438 g/mol. The van der Waals surface area contributed by atoms with Gasteiger partial charge in [0.2, 0.25) is 5.13 Å². The topological polar surface area (TPSA) is 121 Å². The number of aromatic nitrogens is 5. The van der Waals surface area contributed by atoms with Crippen molar-refractivity contribution in [1.29, 1.82) is 0 Å². The second kappa shape index (κ2) is 9.49. The van der Waals surface area contributed by atoms with E-state index < -0.39 is 5.69 Å². The third-order valence-electron chi connectivity index (χ3n) is 4.61. The van der Waals surface area contributed by atoms with Gasteiger partial charge in [0, 0.05) is 44.0 Å². The van der Waals surface area contributed by atoms with Gasteiger partial charge in [-0.25, -0.2) is 9.78 Å². The van der Waals surface area contributed by atoms with Crippen molar-refractivity contribution in [2.45, 2.75) is 6.92 Å². The molecular formula is C20H22N8O2S. The first kappa shape index (κ1) is 20.7. The average molecular weight is 439 g/mol. The number of nitrogens with one attached hydrogen (secondary N) is 3. The summed E-state index contributed by atoms with van der Waals surface area (Å²) in [7, 11) is 0. The van der Waals surface area contributed by atoms with Crippen LogP contribution in [0, 0.1) is 6.92 Å². The van der Waals surface area contributed by atoms with E-state index in [0.717, 1.165) is 47.9 Å². The number of nitrogens with zero attached hydrogens (tertiary/aromatic N) is 5. The number of carbonyl (C=O) groups excluding carboxylic acids is 1. The summed E-state index contributed by atoms with van der Waals surface area (Å²) < 4.78 is 1.15. The van der Waals surface area contributed by atoms with Gasteiger partial charge in [0.05, 0.1) is 23.3 Å². The summed E-state index contributed by atoms with van der Waals surface area (Å²) in [5.74, 6) is -0.378. The Labute approximate surface area is 182 Å². The summed E-state index contributed by atoms with van der Waals surface area (Å²) in [5.41, 5.74) is 1.89. The number of amides is 1. The summed E-state index contributed by atoms with van der Waals surface area (Å²) >= 11 is 1.16. The average Bonchev–Trinajstić information content (AvgIpc) is 3.29. The van der Waals surface area contributed by atoms with Gasteiger partial charge in [-0.3, -0.25) is 9.78 Å². The van der Waals surface area contributed by atoms with E-state index >= 15 is 0 Å². The van der Waals surface area contributed by atoms with Crippen LogP contribution >= 0.6 is 11.3 Å². The number of hydrogen-bond donors (Lipinski definition) is 3. The van der Waals surface area contributed by atoms with E-state index in [4.69, 9.17) is 0 Å². The maximum Gasteiger partial charge on any atom is 0.348 e. The highest BCUT2D eigenvalue weighted by Gasteiger charge is 2.18. The molecule has 1 amide bonds. The summed E-state index contributed by atoms with van der Waals surface area (Å²) in [6.07, 6.45) is 4.85. The lowest BCUT2D eigenvalue weighted by Crippen LogP contribution is -2.43. The minimum absolute atomic E-state index is 0.196. The van der Waals surface area contributed by atoms with Crippen molar-refractivity contribution >= 4 is 28.6 Å². The number of aromatic amines is 1. The van der Waals surface area contributed by atoms with E-state index in [-0.39, 0.29) is 11.6 Å². The highest BCUT2D eigenvalue weighted by molar-refractivity contribution is 7.12. The van der Waals surface area contributed by atoms with Gasteiger partial charge in [-0.2, -0.15) is 9.78 Å². The highest BCUT2D eigenvalue weighted by atomic mass is 32.1. The van der Waals surface area contributed by atoms with Crippen LogP contribution in [-0.2, 0) is 0 Å². The van der Waals surface area contributed by atoms with Crippen LogP contribution in [0.1, 0.15) is 16.2 Å². The highest BCUT2D eigenvalue weighted by Crippen LogP contribution is 2.25. The molecule has 0 aliphatic carbocycles. The Morgan fingerprint density at radius 2 is 2.06 bits per heavy atom. The second-order valence-electron chi connectivity index (χ2n) is 6.82. The quantitative estimate of drug-likeness (QED) is 0.565. The van der Waals surface area contributed by atoms with Gasteiger partial charge in [-0.1, -0.05) is 6.07 Å². The van der Waals surface area contributed by atoms with Crippen molar-refractivity contribution in [3.63, 3.8) is 0 Å². The minimum atomic E-state index is -0.464. The van der Waals surface area contributed by atoms with E-state index in [0.29, 0.717) is 16.5 Å². The molecule has 3 N–H and O–H groups in total. The molecule has 160 valence electrons. The third-order valence-corrected chi connectivity index (χ3v) is 5.43. The van der Waals surface area contributed by atoms with Crippen molar-refractivity contribution in [3.8, 4) is 5.13 Å². The van der Waals surface area contributed by atoms with Crippen molar-refractivity contribution in [1.82, 2.24) is 30.0 Å². The molecular weight excluding hydrogens is 416 g/mol. The number of carbonyl (C=O) groups is 1. The predicted octanol–water partition coefficient (Wildman–Crippen LogP) is 1.51. The third kappa shape index (κ3) is 4.95. The van der Waals surface area contributed by atoms with Gasteiger partial charge in [0.25, 0.3) is 5.91 Å². The van der Waals surface area contributed by atoms with E-state index in [1.54, 1.807) is 42.9 Å². The van der Waals surface area contributed by atoms with Crippen LogP contribution in [0.5, 0.6) is 0 Å². The smallest absolute Gasteiger partial charge is 0.348 e. The fourth-order valence-electron chi connectivity index (χ4n) is 3.11. The number of hydrogen-bond acceptors (Lipinski definition) is 8. The fourth-order valence-corrected chi connectivity index (χ4v) is 3.87. The molecule has 10 nitrogen and oxygen atoms in total. The molecule has 0 bridgehead atoms. The number of rotatable bonds is 4. The SMILES string of the molecule is Cc1cccc[nH]c(=O)n(-c2nc(C(=O)Nc3cnccc3N3CCNCC3)cs2)n1. The Bertz CT molecular complexity index is 1180. The first-order valence-electron chi connectivity index (χ1n) is 9.77. The van der Waals surface area contributed by atoms with Gasteiger partial charge in [0.1, 0.15) is 5.69 Å². The van der Waals surface area contributed by atoms with Gasteiger partial charge in [-0.05, 0) is 25.1 Å². The largest absolute Gasteiger partial charge is 0.367 e. The van der Waals surface area contributed by atoms with Crippen LogP contribution in [-0.4, -0.2) is 56.8 Å². The lowest BCUT2D eigenvalue weighted by molar-refractivity contribution is 0.102. The van der Waals surface area contributed by atoms with Crippen molar-refractivity contribution in [2.75, 3.05) is 36.4 Å². The minimum Gasteiger partial charge on any atom is -0.367 e. The maximum atomic E-state index is 12.9. The number of anilines is 2. The lowest BCUT2D eigenvalue weighted by atomic mass is 10.2. The summed E-state index contributed by atoms with van der Waals surface area (Å²) in [6, 6.07) is 7.13. The molecule has 3 aromatic rings. The number of H-pyrrole nitrogens is 1. The summed E-state index contributed by atoms with van der Waals surface area (Å²) in [6.45, 7) is 5.23. The number of piperazine rings is 1. The second-order valence-corrected chi connectivity index (χ2v) is 7.66. The Balaban J connectivity index is 1.61. The summed E-state index contributed by atoms with van der Waals surface area (Å²) in [5, 5.41) is 12.4. The van der Waals surface area contributed by atoms with Crippen LogP contribution in [0.2, 0.25) is 0 Å². The molecule has 0 saturated carbocycles. The van der Waals surface area contributed by atoms with Gasteiger partial charge in [0.15, 0.2) is 0 Å².